The molecule has 0 bridgehead atoms. The molecule has 5 heteroatoms. The van der Waals surface area contributed by atoms with Crippen molar-refractivity contribution in [2.75, 3.05) is 0 Å². The lowest BCUT2D eigenvalue weighted by Gasteiger charge is -2.21. The molecule has 1 rings (SSSR count). The Hall–Kier alpha value is -2.04. The first-order chi connectivity index (χ1) is 9.60. The van der Waals surface area contributed by atoms with Crippen molar-refractivity contribution in [3.05, 3.63) is 29.8 Å². The second kappa shape index (κ2) is 6.61. The molecule has 0 saturated carbocycles. The normalized spacial score (nSPS) is 12.9. The highest BCUT2D eigenvalue weighted by atomic mass is 16.5. The molecular formula is C16H23NO4. The lowest BCUT2D eigenvalue weighted by Crippen LogP contribution is -2.44. The largest absolute Gasteiger partial charge is 0.488 e. The first-order valence-corrected chi connectivity index (χ1v) is 6.93. The summed E-state index contributed by atoms with van der Waals surface area (Å²) in [6.07, 6.45) is 0. The van der Waals surface area contributed by atoms with Crippen LogP contribution in [0.1, 0.15) is 45.0 Å². The zero-order valence-corrected chi connectivity index (χ0v) is 13.1. The van der Waals surface area contributed by atoms with E-state index in [0.717, 1.165) is 0 Å². The Labute approximate surface area is 125 Å². The Kier molecular flexibility index (Phi) is 5.35. The fourth-order valence-corrected chi connectivity index (χ4v) is 1.77. The average molecular weight is 293 g/mol. The van der Waals surface area contributed by atoms with Crippen LogP contribution in [-0.4, -0.2) is 28.6 Å². The molecule has 1 aromatic carbocycles. The maximum Gasteiger partial charge on any atom is 0.326 e. The second-order valence-corrected chi connectivity index (χ2v) is 6.27. The third kappa shape index (κ3) is 5.45. The number of carbonyl (C=O) groups is 2. The number of carboxylic acid groups (broad SMARTS) is 1. The van der Waals surface area contributed by atoms with Gasteiger partial charge in [0.2, 0.25) is 0 Å². The lowest BCUT2D eigenvalue weighted by molar-refractivity contribution is -0.140. The monoisotopic (exact) mass is 293 g/mol. The van der Waals surface area contributed by atoms with E-state index in [1.54, 1.807) is 38.1 Å². The topological polar surface area (TPSA) is 75.6 Å². The van der Waals surface area contributed by atoms with Gasteiger partial charge in [-0.2, -0.15) is 0 Å². The van der Waals surface area contributed by atoms with E-state index < -0.39 is 17.9 Å². The van der Waals surface area contributed by atoms with E-state index in [-0.39, 0.29) is 11.5 Å². The van der Waals surface area contributed by atoms with Gasteiger partial charge in [-0.05, 0) is 51.0 Å². The van der Waals surface area contributed by atoms with Gasteiger partial charge in [-0.25, -0.2) is 4.79 Å². The van der Waals surface area contributed by atoms with Gasteiger partial charge in [0.25, 0.3) is 5.91 Å². The van der Waals surface area contributed by atoms with Gasteiger partial charge in [0.1, 0.15) is 17.4 Å². The first-order valence-electron chi connectivity index (χ1n) is 6.93. The summed E-state index contributed by atoms with van der Waals surface area (Å²) in [5.41, 5.74) is 0.0960. The van der Waals surface area contributed by atoms with Gasteiger partial charge in [-0.3, -0.25) is 4.79 Å². The van der Waals surface area contributed by atoms with Crippen LogP contribution < -0.4 is 10.1 Å². The van der Waals surface area contributed by atoms with Crippen LogP contribution in [0.2, 0.25) is 0 Å². The number of rotatable bonds is 5. The number of hydrogen-bond acceptors (Lipinski definition) is 3. The van der Waals surface area contributed by atoms with Gasteiger partial charge in [0.15, 0.2) is 0 Å². The van der Waals surface area contributed by atoms with Gasteiger partial charge in [0.05, 0.1) is 0 Å². The summed E-state index contributed by atoms with van der Waals surface area (Å²) in [5.74, 6) is -0.961. The van der Waals surface area contributed by atoms with Crippen LogP contribution in [0.25, 0.3) is 0 Å². The molecule has 1 unspecified atom stereocenters. The minimum Gasteiger partial charge on any atom is -0.488 e. The molecule has 0 heterocycles. The van der Waals surface area contributed by atoms with Crippen LogP contribution >= 0.6 is 0 Å². The summed E-state index contributed by atoms with van der Waals surface area (Å²) in [4.78, 5) is 23.1. The molecule has 0 fully saturated rings. The molecule has 0 aliphatic rings. The number of nitrogens with one attached hydrogen (secondary N) is 1. The summed E-state index contributed by atoms with van der Waals surface area (Å²) in [7, 11) is 0. The molecule has 21 heavy (non-hydrogen) atoms. The highest BCUT2D eigenvalue weighted by Gasteiger charge is 2.24. The van der Waals surface area contributed by atoms with E-state index in [0.29, 0.717) is 11.3 Å². The summed E-state index contributed by atoms with van der Waals surface area (Å²) >= 11 is 0. The number of carboxylic acids is 1. The Morgan fingerprint density at radius 2 is 1.67 bits per heavy atom. The van der Waals surface area contributed by atoms with Crippen LogP contribution in [0, 0.1) is 5.92 Å². The number of benzene rings is 1. The molecule has 0 aliphatic heterocycles. The highest BCUT2D eigenvalue weighted by molar-refractivity contribution is 5.96. The number of aliphatic carboxylic acids is 1. The van der Waals surface area contributed by atoms with Crippen molar-refractivity contribution in [2.24, 2.45) is 5.92 Å². The van der Waals surface area contributed by atoms with Gasteiger partial charge < -0.3 is 15.2 Å². The van der Waals surface area contributed by atoms with E-state index in [2.05, 4.69) is 5.32 Å². The van der Waals surface area contributed by atoms with Gasteiger partial charge in [-0.15, -0.1) is 0 Å². The van der Waals surface area contributed by atoms with Crippen molar-refractivity contribution < 1.29 is 19.4 Å². The highest BCUT2D eigenvalue weighted by Crippen LogP contribution is 2.18. The van der Waals surface area contributed by atoms with Crippen molar-refractivity contribution in [3.8, 4) is 5.75 Å². The number of carbonyl (C=O) groups excluding carboxylic acids is 1. The Bertz CT molecular complexity index is 500. The lowest BCUT2D eigenvalue weighted by atomic mass is 10.0. The zero-order chi connectivity index (χ0) is 16.2. The van der Waals surface area contributed by atoms with E-state index in [4.69, 9.17) is 9.84 Å². The predicted molar refractivity (Wildman–Crippen MR) is 80.6 cm³/mol. The molecular weight excluding hydrogens is 270 g/mol. The van der Waals surface area contributed by atoms with E-state index >= 15 is 0 Å². The zero-order valence-electron chi connectivity index (χ0n) is 13.1. The van der Waals surface area contributed by atoms with Crippen molar-refractivity contribution in [3.63, 3.8) is 0 Å². The molecule has 116 valence electrons. The first kappa shape index (κ1) is 17.0. The van der Waals surface area contributed by atoms with Crippen LogP contribution in [0.15, 0.2) is 24.3 Å². The Morgan fingerprint density at radius 3 is 2.05 bits per heavy atom. The quantitative estimate of drug-likeness (QED) is 0.875. The van der Waals surface area contributed by atoms with E-state index in [9.17, 15) is 9.59 Å². The molecule has 0 radical (unpaired) electrons. The standard InChI is InChI=1S/C16H23NO4/c1-10(2)13(15(19)20)17-14(18)11-6-8-12(9-7-11)21-16(3,4)5/h6-10,13H,1-5H3,(H,17,18)(H,19,20). The number of amides is 1. The van der Waals surface area contributed by atoms with E-state index in [1.807, 2.05) is 20.8 Å². The third-order valence-electron chi connectivity index (χ3n) is 2.76. The summed E-state index contributed by atoms with van der Waals surface area (Å²) in [6.45, 7) is 9.31. The number of hydrogen-bond donors (Lipinski definition) is 2. The molecule has 0 aromatic heterocycles. The maximum atomic E-state index is 12.0. The molecule has 1 amide bonds. The molecule has 0 spiro atoms. The molecule has 0 saturated heterocycles. The van der Waals surface area contributed by atoms with Crippen LogP contribution in [0.3, 0.4) is 0 Å². The molecule has 1 atom stereocenters. The minimum atomic E-state index is -1.04. The van der Waals surface area contributed by atoms with Crippen molar-refractivity contribution in [1.82, 2.24) is 5.32 Å². The van der Waals surface area contributed by atoms with Crippen LogP contribution in [-0.2, 0) is 4.79 Å². The second-order valence-electron chi connectivity index (χ2n) is 6.27. The summed E-state index contributed by atoms with van der Waals surface area (Å²) < 4.78 is 5.67. The molecule has 1 aromatic rings. The maximum absolute atomic E-state index is 12.0. The van der Waals surface area contributed by atoms with Gasteiger partial charge in [0, 0.05) is 5.56 Å². The van der Waals surface area contributed by atoms with Crippen molar-refractivity contribution in [1.29, 1.82) is 0 Å². The summed E-state index contributed by atoms with van der Waals surface area (Å²) in [6, 6.07) is 5.74. The van der Waals surface area contributed by atoms with Gasteiger partial charge >= 0.3 is 5.97 Å². The van der Waals surface area contributed by atoms with Crippen molar-refractivity contribution >= 4 is 11.9 Å². The third-order valence-corrected chi connectivity index (χ3v) is 2.76. The van der Waals surface area contributed by atoms with Crippen LogP contribution in [0.4, 0.5) is 0 Å². The van der Waals surface area contributed by atoms with Gasteiger partial charge in [-0.1, -0.05) is 13.8 Å². The summed E-state index contributed by atoms with van der Waals surface area (Å²) in [5, 5.41) is 11.6. The predicted octanol–water partition coefficient (Wildman–Crippen LogP) is 2.70. The minimum absolute atomic E-state index is 0.185. The molecule has 5 nitrogen and oxygen atoms in total. The smallest absolute Gasteiger partial charge is 0.326 e. The Morgan fingerprint density at radius 1 is 1.14 bits per heavy atom. The Balaban J connectivity index is 2.77. The molecule has 2 N–H and O–H groups in total. The fourth-order valence-electron chi connectivity index (χ4n) is 1.77. The average Bonchev–Trinajstić information content (AvgIpc) is 2.33. The van der Waals surface area contributed by atoms with E-state index in [1.165, 1.54) is 0 Å². The number of ether oxygens (including phenoxy) is 1. The van der Waals surface area contributed by atoms with Crippen molar-refractivity contribution in [2.45, 2.75) is 46.3 Å². The molecule has 0 aliphatic carbocycles. The van der Waals surface area contributed by atoms with Crippen LogP contribution in [0.5, 0.6) is 5.75 Å². The fraction of sp³-hybridized carbons (Fsp3) is 0.500. The SMILES string of the molecule is CC(C)C(NC(=O)c1ccc(OC(C)(C)C)cc1)C(=O)O.